The Bertz CT molecular complexity index is 213. The van der Waals surface area contributed by atoms with E-state index in [9.17, 15) is 22.4 Å². The zero-order valence-corrected chi connectivity index (χ0v) is 5.81. The van der Waals surface area contributed by atoms with Gasteiger partial charge in [-0.2, -0.15) is 17.6 Å². The molecule has 0 aliphatic carbocycles. The van der Waals surface area contributed by atoms with Crippen LogP contribution >= 0.6 is 0 Å². The van der Waals surface area contributed by atoms with Gasteiger partial charge in [0.05, 0.1) is 0 Å². The lowest BCUT2D eigenvalue weighted by Crippen LogP contribution is -2.48. The maximum absolute atomic E-state index is 12.8. The molecule has 0 aromatic heterocycles. The van der Waals surface area contributed by atoms with Crippen molar-refractivity contribution in [1.82, 2.24) is 0 Å². The van der Waals surface area contributed by atoms with E-state index in [4.69, 9.17) is 0 Å². The van der Waals surface area contributed by atoms with Crippen LogP contribution in [0.4, 0.5) is 22.4 Å². The maximum atomic E-state index is 12.8. The van der Waals surface area contributed by atoms with Gasteiger partial charge < -0.3 is 9.47 Å². The number of carbonyl (C=O) groups is 1. The molecule has 0 aromatic carbocycles. The molecule has 2 unspecified atom stereocenters. The summed E-state index contributed by atoms with van der Waals surface area (Å²) >= 11 is 0. The van der Waals surface area contributed by atoms with Gasteiger partial charge in [-0.1, -0.05) is 0 Å². The fourth-order valence-corrected chi connectivity index (χ4v) is 0.641. The van der Waals surface area contributed by atoms with Crippen molar-refractivity contribution in [2.24, 2.45) is 0 Å². The number of rotatable bonds is 1. The van der Waals surface area contributed by atoms with E-state index in [1.165, 1.54) is 0 Å². The molecule has 70 valence electrons. The van der Waals surface area contributed by atoms with E-state index in [-0.39, 0.29) is 6.92 Å². The Balaban J connectivity index is 2.92. The van der Waals surface area contributed by atoms with Crippen LogP contribution in [0.2, 0.25) is 0 Å². The van der Waals surface area contributed by atoms with E-state index >= 15 is 0 Å². The van der Waals surface area contributed by atoms with Gasteiger partial charge in [0.15, 0.2) is 0 Å². The van der Waals surface area contributed by atoms with E-state index in [1.807, 2.05) is 0 Å². The summed E-state index contributed by atoms with van der Waals surface area (Å²) in [4.78, 5) is 10.1. The number of alkyl halides is 4. The molecule has 0 aromatic rings. The van der Waals surface area contributed by atoms with Crippen molar-refractivity contribution in [3.63, 3.8) is 0 Å². The van der Waals surface area contributed by atoms with Crippen LogP contribution in [0.3, 0.4) is 0 Å². The minimum atomic E-state index is -4.14. The summed E-state index contributed by atoms with van der Waals surface area (Å²) in [6.45, 7) is 0.0849. The van der Waals surface area contributed by atoms with Gasteiger partial charge in [-0.05, 0) is 0 Å². The van der Waals surface area contributed by atoms with Crippen LogP contribution < -0.4 is 0 Å². The molecule has 0 amide bonds. The molecule has 1 aliphatic heterocycles. The Morgan fingerprint density at radius 2 is 2.08 bits per heavy atom. The van der Waals surface area contributed by atoms with Crippen LogP contribution in [-0.4, -0.2) is 24.3 Å². The molecule has 7 heteroatoms. The predicted octanol–water partition coefficient (Wildman–Crippen LogP) is 1.77. The SMILES string of the molecule is CC(F)(F)C1(F)OC(=O)OC1F. The monoisotopic (exact) mass is 188 g/mol. The molecular formula is C5H4F4O3. The molecule has 0 bridgehead atoms. The van der Waals surface area contributed by atoms with E-state index in [2.05, 4.69) is 9.47 Å². The van der Waals surface area contributed by atoms with E-state index < -0.39 is 24.3 Å². The number of hydrogen-bond acceptors (Lipinski definition) is 3. The highest BCUT2D eigenvalue weighted by Gasteiger charge is 2.67. The molecule has 0 spiro atoms. The minimum Gasteiger partial charge on any atom is -0.392 e. The molecule has 0 N–H and O–H groups in total. The quantitative estimate of drug-likeness (QED) is 0.464. The van der Waals surface area contributed by atoms with Gasteiger partial charge in [-0.25, -0.2) is 4.79 Å². The number of ether oxygens (including phenoxy) is 2. The Morgan fingerprint density at radius 3 is 2.25 bits per heavy atom. The molecule has 1 heterocycles. The second-order valence-electron chi connectivity index (χ2n) is 2.32. The second kappa shape index (κ2) is 2.24. The van der Waals surface area contributed by atoms with Crippen LogP contribution in [0.5, 0.6) is 0 Å². The number of hydrogen-bond donors (Lipinski definition) is 0. The molecule has 2 atom stereocenters. The molecule has 3 nitrogen and oxygen atoms in total. The highest BCUT2D eigenvalue weighted by molar-refractivity contribution is 5.63. The van der Waals surface area contributed by atoms with Crippen LogP contribution in [0.1, 0.15) is 6.92 Å². The smallest absolute Gasteiger partial charge is 0.392 e. The van der Waals surface area contributed by atoms with Crippen molar-refractivity contribution in [1.29, 1.82) is 0 Å². The lowest BCUT2D eigenvalue weighted by Gasteiger charge is -2.23. The first-order chi connectivity index (χ1) is 5.27. The van der Waals surface area contributed by atoms with Crippen molar-refractivity contribution >= 4 is 6.16 Å². The largest absolute Gasteiger partial charge is 0.514 e. The summed E-state index contributed by atoms with van der Waals surface area (Å²) in [7, 11) is 0. The highest BCUT2D eigenvalue weighted by atomic mass is 19.3. The van der Waals surface area contributed by atoms with Crippen molar-refractivity contribution in [3.05, 3.63) is 0 Å². The summed E-state index contributed by atoms with van der Waals surface area (Å²) in [5.74, 6) is -8.15. The third-order valence-corrected chi connectivity index (χ3v) is 1.32. The molecule has 0 saturated carbocycles. The van der Waals surface area contributed by atoms with Crippen molar-refractivity contribution in [3.8, 4) is 0 Å². The van der Waals surface area contributed by atoms with Crippen LogP contribution in [0.25, 0.3) is 0 Å². The second-order valence-corrected chi connectivity index (χ2v) is 2.32. The minimum absolute atomic E-state index is 0.0849. The van der Waals surface area contributed by atoms with Gasteiger partial charge in [0.2, 0.25) is 0 Å². The first kappa shape index (κ1) is 9.08. The van der Waals surface area contributed by atoms with E-state index in [1.54, 1.807) is 0 Å². The standard InChI is InChI=1S/C5H4F4O3/c1-4(7,8)5(9)2(6)11-3(10)12-5/h2H,1H3. The zero-order valence-electron chi connectivity index (χ0n) is 5.81. The molecule has 1 rings (SSSR count). The molecule has 1 aliphatic rings. The van der Waals surface area contributed by atoms with Crippen molar-refractivity contribution in [2.75, 3.05) is 0 Å². The first-order valence-electron chi connectivity index (χ1n) is 2.88. The fraction of sp³-hybridized carbons (Fsp3) is 0.800. The Labute approximate surface area is 64.2 Å². The summed E-state index contributed by atoms with van der Waals surface area (Å²) in [5.41, 5.74) is 0. The van der Waals surface area contributed by atoms with Gasteiger partial charge in [0.25, 0.3) is 0 Å². The van der Waals surface area contributed by atoms with E-state index in [0.29, 0.717) is 0 Å². The summed E-state index contributed by atoms with van der Waals surface area (Å²) in [5, 5.41) is 0. The lowest BCUT2D eigenvalue weighted by atomic mass is 10.2. The Morgan fingerprint density at radius 1 is 1.58 bits per heavy atom. The first-order valence-corrected chi connectivity index (χ1v) is 2.88. The maximum Gasteiger partial charge on any atom is 0.514 e. The van der Waals surface area contributed by atoms with Crippen LogP contribution in [-0.2, 0) is 9.47 Å². The molecule has 1 fully saturated rings. The number of halogens is 4. The normalized spacial score (nSPS) is 36.1. The third kappa shape index (κ3) is 1.09. The van der Waals surface area contributed by atoms with Gasteiger partial charge in [-0.15, -0.1) is 0 Å². The van der Waals surface area contributed by atoms with Crippen molar-refractivity contribution < 1.29 is 31.8 Å². The van der Waals surface area contributed by atoms with Gasteiger partial charge in [0, 0.05) is 6.92 Å². The van der Waals surface area contributed by atoms with E-state index in [0.717, 1.165) is 0 Å². The van der Waals surface area contributed by atoms with Gasteiger partial charge >= 0.3 is 24.3 Å². The van der Waals surface area contributed by atoms with Crippen LogP contribution in [0, 0.1) is 0 Å². The average Bonchev–Trinajstić information content (AvgIpc) is 2.06. The molecular weight excluding hydrogens is 184 g/mol. The highest BCUT2D eigenvalue weighted by Crippen LogP contribution is 2.42. The lowest BCUT2D eigenvalue weighted by molar-refractivity contribution is -0.264. The Hall–Kier alpha value is -1.01. The Kier molecular flexibility index (Phi) is 1.69. The summed E-state index contributed by atoms with van der Waals surface area (Å²) in [6.07, 6.45) is -4.88. The molecule has 1 saturated heterocycles. The number of carbonyl (C=O) groups excluding carboxylic acids is 1. The topological polar surface area (TPSA) is 35.5 Å². The van der Waals surface area contributed by atoms with Gasteiger partial charge in [0.1, 0.15) is 0 Å². The number of cyclic esters (lactones) is 2. The molecule has 0 radical (unpaired) electrons. The summed E-state index contributed by atoms with van der Waals surface area (Å²) in [6, 6.07) is 0. The van der Waals surface area contributed by atoms with Crippen molar-refractivity contribution in [2.45, 2.75) is 25.1 Å². The van der Waals surface area contributed by atoms with Gasteiger partial charge in [-0.3, -0.25) is 0 Å². The predicted molar refractivity (Wildman–Crippen MR) is 26.9 cm³/mol. The zero-order chi connectivity index (χ0) is 9.57. The fourth-order valence-electron chi connectivity index (χ4n) is 0.641. The molecule has 12 heavy (non-hydrogen) atoms. The van der Waals surface area contributed by atoms with Crippen LogP contribution in [0.15, 0.2) is 0 Å². The summed E-state index contributed by atoms with van der Waals surface area (Å²) < 4.78 is 56.4. The third-order valence-electron chi connectivity index (χ3n) is 1.32. The average molecular weight is 188 g/mol.